The molecule has 0 aromatic heterocycles. The lowest BCUT2D eigenvalue weighted by atomic mass is 10.00. The lowest BCUT2D eigenvalue weighted by Gasteiger charge is -2.39. The van der Waals surface area contributed by atoms with Crippen LogP contribution in [-0.2, 0) is 14.3 Å². The highest BCUT2D eigenvalue weighted by molar-refractivity contribution is 14.1. The van der Waals surface area contributed by atoms with Gasteiger partial charge in [0.2, 0.25) is 0 Å². The summed E-state index contributed by atoms with van der Waals surface area (Å²) in [5, 5.41) is 9.83. The number of hydrogen-bond donors (Lipinski definition) is 1. The number of aliphatic hydroxyl groups excluding tert-OH is 1. The molecule has 6 nitrogen and oxygen atoms in total. The summed E-state index contributed by atoms with van der Waals surface area (Å²) in [4.78, 5) is 25.2. The summed E-state index contributed by atoms with van der Waals surface area (Å²) in [6, 6.07) is -0.791. The Morgan fingerprint density at radius 3 is 2.42 bits per heavy atom. The topological polar surface area (TPSA) is 76.1 Å². The van der Waals surface area contributed by atoms with Crippen molar-refractivity contribution in [3.8, 4) is 0 Å². The minimum absolute atomic E-state index is 0.133. The molecule has 7 heteroatoms. The van der Waals surface area contributed by atoms with Crippen molar-refractivity contribution in [1.29, 1.82) is 0 Å². The van der Waals surface area contributed by atoms with E-state index < -0.39 is 29.8 Å². The third-order valence-electron chi connectivity index (χ3n) is 2.73. The quantitative estimate of drug-likeness (QED) is 0.419. The van der Waals surface area contributed by atoms with Crippen LogP contribution in [0.15, 0.2) is 0 Å². The molecular formula is C12H20INO5. The van der Waals surface area contributed by atoms with Gasteiger partial charge in [-0.05, 0) is 20.8 Å². The fraction of sp³-hybridized carbons (Fsp3) is 0.833. The highest BCUT2D eigenvalue weighted by Gasteiger charge is 2.42. The van der Waals surface area contributed by atoms with Crippen LogP contribution in [-0.4, -0.2) is 57.4 Å². The molecule has 0 unspecified atom stereocenters. The van der Waals surface area contributed by atoms with Crippen LogP contribution in [0.1, 0.15) is 27.2 Å². The lowest BCUT2D eigenvalue weighted by molar-refractivity contribution is -0.149. The molecule has 0 saturated carbocycles. The fourth-order valence-electron chi connectivity index (χ4n) is 1.82. The summed E-state index contributed by atoms with van der Waals surface area (Å²) < 4.78 is 9.83. The van der Waals surface area contributed by atoms with E-state index in [1.807, 2.05) is 0 Å². The zero-order chi connectivity index (χ0) is 14.8. The van der Waals surface area contributed by atoms with Crippen molar-refractivity contribution in [2.45, 2.75) is 48.9 Å². The number of methoxy groups -OCH3 is 1. The Morgan fingerprint density at radius 1 is 1.37 bits per heavy atom. The zero-order valence-electron chi connectivity index (χ0n) is 11.6. The van der Waals surface area contributed by atoms with Gasteiger partial charge in [0.05, 0.1) is 17.1 Å². The number of esters is 1. The van der Waals surface area contributed by atoms with Crippen molar-refractivity contribution in [2.75, 3.05) is 13.7 Å². The Hall–Kier alpha value is -0.570. The van der Waals surface area contributed by atoms with E-state index in [0.717, 1.165) is 0 Å². The molecule has 110 valence electrons. The van der Waals surface area contributed by atoms with Crippen LogP contribution in [0.25, 0.3) is 0 Å². The number of rotatable bonds is 1. The number of alkyl halides is 1. The molecule has 0 aromatic carbocycles. The maximum atomic E-state index is 12.1. The first-order valence-electron chi connectivity index (χ1n) is 6.05. The molecule has 1 aliphatic rings. The van der Waals surface area contributed by atoms with Gasteiger partial charge in [0.15, 0.2) is 0 Å². The Labute approximate surface area is 126 Å². The molecule has 1 heterocycles. The number of hydrogen-bond acceptors (Lipinski definition) is 5. The summed E-state index contributed by atoms with van der Waals surface area (Å²) in [7, 11) is 1.26. The molecule has 0 radical (unpaired) electrons. The van der Waals surface area contributed by atoms with Crippen molar-refractivity contribution in [1.82, 2.24) is 4.90 Å². The van der Waals surface area contributed by atoms with E-state index in [1.54, 1.807) is 20.8 Å². The van der Waals surface area contributed by atoms with Crippen molar-refractivity contribution in [3.63, 3.8) is 0 Å². The standard InChI is InChI=1S/C12H20INO5/c1-12(2,3)19-11(17)14-6-7(13)9(15)5-8(14)10(16)18-4/h7-9,15H,5-6H2,1-4H3/t7-,8-,9-/m0/s1. The molecule has 0 spiro atoms. The SMILES string of the molecule is COC(=O)[C@@H]1C[C@H](O)[C@@H](I)CN1C(=O)OC(C)(C)C. The third kappa shape index (κ3) is 4.48. The molecule has 1 amide bonds. The molecule has 0 bridgehead atoms. The van der Waals surface area contributed by atoms with Gasteiger partial charge in [0.1, 0.15) is 11.6 Å². The number of likely N-dealkylation sites (tertiary alicyclic amines) is 1. The first kappa shape index (κ1) is 16.5. The lowest BCUT2D eigenvalue weighted by Crippen LogP contribution is -2.56. The number of ether oxygens (including phenoxy) is 2. The minimum Gasteiger partial charge on any atom is -0.467 e. The summed E-state index contributed by atoms with van der Waals surface area (Å²) in [6.45, 7) is 5.55. The second kappa shape index (κ2) is 6.25. The van der Waals surface area contributed by atoms with Gasteiger partial charge in [-0.15, -0.1) is 0 Å². The first-order chi connectivity index (χ1) is 8.65. The molecule has 1 rings (SSSR count). The number of carbonyl (C=O) groups excluding carboxylic acids is 2. The predicted molar refractivity (Wildman–Crippen MR) is 77.2 cm³/mol. The van der Waals surface area contributed by atoms with Crippen LogP contribution in [0.3, 0.4) is 0 Å². The van der Waals surface area contributed by atoms with Gasteiger partial charge in [-0.25, -0.2) is 9.59 Å². The van der Waals surface area contributed by atoms with Gasteiger partial charge in [0, 0.05) is 13.0 Å². The number of piperidine rings is 1. The van der Waals surface area contributed by atoms with Gasteiger partial charge in [-0.1, -0.05) is 22.6 Å². The zero-order valence-corrected chi connectivity index (χ0v) is 13.7. The normalized spacial score (nSPS) is 27.9. The van der Waals surface area contributed by atoms with Gasteiger partial charge >= 0.3 is 12.1 Å². The van der Waals surface area contributed by atoms with Crippen LogP contribution in [0.4, 0.5) is 4.79 Å². The van der Waals surface area contributed by atoms with Crippen LogP contribution in [0.2, 0.25) is 0 Å². The predicted octanol–water partition coefficient (Wildman–Crippen LogP) is 1.33. The molecule has 1 aliphatic heterocycles. The number of nitrogens with zero attached hydrogens (tertiary/aromatic N) is 1. The first-order valence-corrected chi connectivity index (χ1v) is 7.30. The van der Waals surface area contributed by atoms with E-state index in [4.69, 9.17) is 4.74 Å². The monoisotopic (exact) mass is 385 g/mol. The number of amides is 1. The average Bonchev–Trinajstić information content (AvgIpc) is 2.28. The molecule has 3 atom stereocenters. The van der Waals surface area contributed by atoms with E-state index in [1.165, 1.54) is 12.0 Å². The highest BCUT2D eigenvalue weighted by atomic mass is 127. The van der Waals surface area contributed by atoms with E-state index in [-0.39, 0.29) is 16.9 Å². The highest BCUT2D eigenvalue weighted by Crippen LogP contribution is 2.26. The summed E-state index contributed by atoms with van der Waals surface area (Å²) in [5.41, 5.74) is -0.630. The van der Waals surface area contributed by atoms with Crippen molar-refractivity contribution in [3.05, 3.63) is 0 Å². The second-order valence-corrected chi connectivity index (χ2v) is 7.09. The van der Waals surface area contributed by atoms with Crippen molar-refractivity contribution < 1.29 is 24.2 Å². The Bertz CT molecular complexity index is 355. The second-order valence-electron chi connectivity index (χ2n) is 5.49. The summed E-state index contributed by atoms with van der Waals surface area (Å²) in [6.07, 6.45) is -1.03. The average molecular weight is 385 g/mol. The minimum atomic E-state index is -0.791. The fourth-order valence-corrected chi connectivity index (χ4v) is 2.54. The largest absolute Gasteiger partial charge is 0.467 e. The van der Waals surface area contributed by atoms with Crippen molar-refractivity contribution >= 4 is 34.7 Å². The molecule has 0 aromatic rings. The maximum Gasteiger partial charge on any atom is 0.411 e. The van der Waals surface area contributed by atoms with Gasteiger partial charge in [0.25, 0.3) is 0 Å². The molecule has 1 fully saturated rings. The van der Waals surface area contributed by atoms with E-state index in [2.05, 4.69) is 27.3 Å². The van der Waals surface area contributed by atoms with Crippen molar-refractivity contribution in [2.24, 2.45) is 0 Å². The molecule has 19 heavy (non-hydrogen) atoms. The Balaban J connectivity index is 2.86. The third-order valence-corrected chi connectivity index (χ3v) is 3.95. The van der Waals surface area contributed by atoms with E-state index in [0.29, 0.717) is 0 Å². The smallest absolute Gasteiger partial charge is 0.411 e. The Kier molecular flexibility index (Phi) is 5.43. The van der Waals surface area contributed by atoms with Crippen LogP contribution in [0.5, 0.6) is 0 Å². The van der Waals surface area contributed by atoms with Crippen LogP contribution < -0.4 is 0 Å². The van der Waals surface area contributed by atoms with Crippen LogP contribution in [0, 0.1) is 0 Å². The number of aliphatic hydroxyl groups is 1. The molecule has 1 N–H and O–H groups in total. The van der Waals surface area contributed by atoms with E-state index in [9.17, 15) is 14.7 Å². The van der Waals surface area contributed by atoms with Gasteiger partial charge in [-0.3, -0.25) is 4.90 Å². The van der Waals surface area contributed by atoms with Gasteiger partial charge in [-0.2, -0.15) is 0 Å². The van der Waals surface area contributed by atoms with Gasteiger partial charge < -0.3 is 14.6 Å². The summed E-state index contributed by atoms with van der Waals surface area (Å²) >= 11 is 2.06. The van der Waals surface area contributed by atoms with Crippen LogP contribution >= 0.6 is 22.6 Å². The molecule has 1 saturated heterocycles. The number of carbonyl (C=O) groups is 2. The Morgan fingerprint density at radius 2 is 1.95 bits per heavy atom. The summed E-state index contributed by atoms with van der Waals surface area (Å²) in [5.74, 6) is -0.534. The number of halogens is 1. The van der Waals surface area contributed by atoms with E-state index >= 15 is 0 Å². The molecular weight excluding hydrogens is 365 g/mol. The maximum absolute atomic E-state index is 12.1. The molecule has 0 aliphatic carbocycles.